The van der Waals surface area contributed by atoms with Crippen molar-refractivity contribution in [2.24, 2.45) is 0 Å². The summed E-state index contributed by atoms with van der Waals surface area (Å²) in [4.78, 5) is 23.2. The Morgan fingerprint density at radius 1 is 1.15 bits per heavy atom. The highest BCUT2D eigenvalue weighted by Gasteiger charge is 2.31. The number of carboxylic acids is 1. The summed E-state index contributed by atoms with van der Waals surface area (Å²) < 4.78 is 40.2. The van der Waals surface area contributed by atoms with Crippen LogP contribution in [-0.2, 0) is 17.4 Å². The monoisotopic (exact) mass is 471 g/mol. The van der Waals surface area contributed by atoms with E-state index >= 15 is 0 Å². The second kappa shape index (κ2) is 9.27. The van der Waals surface area contributed by atoms with Gasteiger partial charge in [0.25, 0.3) is 0 Å². The zero-order valence-corrected chi connectivity index (χ0v) is 18.4. The van der Waals surface area contributed by atoms with Gasteiger partial charge in [0, 0.05) is 17.5 Å². The molecular formula is C24H20F3N3O2S. The predicted molar refractivity (Wildman–Crippen MR) is 120 cm³/mol. The van der Waals surface area contributed by atoms with Crippen LogP contribution < -0.4 is 0 Å². The van der Waals surface area contributed by atoms with Crippen molar-refractivity contribution >= 4 is 28.9 Å². The van der Waals surface area contributed by atoms with Crippen LogP contribution in [0.1, 0.15) is 39.5 Å². The molecule has 2 N–H and O–H groups in total. The summed E-state index contributed by atoms with van der Waals surface area (Å²) in [5.41, 5.74) is 3.59. The van der Waals surface area contributed by atoms with Crippen molar-refractivity contribution in [3.63, 3.8) is 0 Å². The maximum atomic E-state index is 13.4. The fourth-order valence-corrected chi connectivity index (χ4v) is 4.95. The maximum Gasteiger partial charge on any atom is 0.416 e. The van der Waals surface area contributed by atoms with Gasteiger partial charge in [0.1, 0.15) is 0 Å². The quantitative estimate of drug-likeness (QED) is 0.315. The highest BCUT2D eigenvalue weighted by Crippen LogP contribution is 2.44. The number of carbonyl (C=O) groups is 1. The van der Waals surface area contributed by atoms with Crippen LogP contribution in [0.25, 0.3) is 11.2 Å². The molecule has 2 heterocycles. The van der Waals surface area contributed by atoms with Crippen molar-refractivity contribution in [1.29, 1.82) is 0 Å². The summed E-state index contributed by atoms with van der Waals surface area (Å²) in [6.45, 7) is 1.90. The number of pyridine rings is 1. The molecule has 0 saturated carbocycles. The molecule has 33 heavy (non-hydrogen) atoms. The van der Waals surface area contributed by atoms with Crippen molar-refractivity contribution in [3.8, 4) is 0 Å². The Morgan fingerprint density at radius 2 is 1.97 bits per heavy atom. The molecule has 0 fully saturated rings. The molecule has 0 aliphatic heterocycles. The van der Waals surface area contributed by atoms with E-state index in [1.165, 1.54) is 30.2 Å². The summed E-state index contributed by atoms with van der Waals surface area (Å²) in [5.74, 6) is -0.862. The number of aromatic amines is 1. The van der Waals surface area contributed by atoms with Crippen LogP contribution in [-0.4, -0.2) is 26.0 Å². The molecular weight excluding hydrogens is 451 g/mol. The summed E-state index contributed by atoms with van der Waals surface area (Å²) >= 11 is 1.42. The lowest BCUT2D eigenvalue weighted by atomic mass is 10.0. The number of fused-ring (bicyclic) bond motifs is 1. The lowest BCUT2D eigenvalue weighted by Crippen LogP contribution is -2.07. The molecule has 0 spiro atoms. The van der Waals surface area contributed by atoms with E-state index in [0.29, 0.717) is 23.1 Å². The van der Waals surface area contributed by atoms with Gasteiger partial charge in [-0.1, -0.05) is 24.3 Å². The van der Waals surface area contributed by atoms with E-state index in [1.54, 1.807) is 18.3 Å². The molecule has 2 aromatic heterocycles. The molecule has 170 valence electrons. The number of rotatable bonds is 7. The number of aromatic nitrogens is 3. The average Bonchev–Trinajstić information content (AvgIpc) is 3.25. The van der Waals surface area contributed by atoms with Crippen molar-refractivity contribution < 1.29 is 23.1 Å². The third-order valence-electron chi connectivity index (χ3n) is 5.33. The van der Waals surface area contributed by atoms with Crippen LogP contribution in [0.15, 0.2) is 66.0 Å². The molecule has 2 aromatic carbocycles. The number of aryl methyl sites for hydroxylation is 2. The number of hydrogen-bond acceptors (Lipinski definition) is 4. The Bertz CT molecular complexity index is 1300. The first-order valence-electron chi connectivity index (χ1n) is 10.2. The summed E-state index contributed by atoms with van der Waals surface area (Å²) in [5, 5.41) is 8.49. The first-order chi connectivity index (χ1) is 15.7. The maximum absolute atomic E-state index is 13.4. The molecule has 0 aliphatic rings. The number of aliphatic carboxylic acids is 1. The number of hydrogen-bond donors (Lipinski definition) is 2. The molecule has 0 aliphatic carbocycles. The van der Waals surface area contributed by atoms with Gasteiger partial charge in [-0.2, -0.15) is 13.2 Å². The number of carboxylic acid groups (broad SMARTS) is 1. The van der Waals surface area contributed by atoms with Gasteiger partial charge in [0.15, 0.2) is 5.65 Å². The van der Waals surface area contributed by atoms with E-state index < -0.39 is 23.0 Å². The molecule has 4 aromatic rings. The zero-order chi connectivity index (χ0) is 23.6. The summed E-state index contributed by atoms with van der Waals surface area (Å²) in [6, 6.07) is 12.8. The van der Waals surface area contributed by atoms with Crippen molar-refractivity contribution in [2.45, 2.75) is 36.1 Å². The van der Waals surface area contributed by atoms with E-state index in [4.69, 9.17) is 5.11 Å². The Labute approximate surface area is 192 Å². The second-order valence-corrected chi connectivity index (χ2v) is 8.78. The third kappa shape index (κ3) is 5.19. The standard InChI is InChI=1S/C24H20F3N3O2S/c1-14-11-18(7-5-15(14)6-8-20(31)32)33-22(16-3-2-4-17(12-16)24(25,26)27)19-9-10-28-23-21(19)29-13-30-23/h2-5,7,9-13,22H,6,8H2,1H3,(H,31,32)(H,28,29,30). The van der Waals surface area contributed by atoms with Crippen LogP contribution in [0.5, 0.6) is 0 Å². The lowest BCUT2D eigenvalue weighted by molar-refractivity contribution is -0.138. The van der Waals surface area contributed by atoms with Crippen LogP contribution in [0, 0.1) is 6.92 Å². The normalized spacial score (nSPS) is 12.7. The third-order valence-corrected chi connectivity index (χ3v) is 6.62. The minimum atomic E-state index is -4.45. The van der Waals surface area contributed by atoms with Crippen molar-refractivity contribution in [2.75, 3.05) is 0 Å². The number of halogens is 3. The minimum absolute atomic E-state index is 0.0367. The Balaban J connectivity index is 1.75. The van der Waals surface area contributed by atoms with Gasteiger partial charge in [0.05, 0.1) is 22.7 Å². The predicted octanol–water partition coefficient (Wildman–Crippen LogP) is 6.18. The molecule has 1 atom stereocenters. The smallest absolute Gasteiger partial charge is 0.416 e. The molecule has 0 amide bonds. The number of H-pyrrole nitrogens is 1. The topological polar surface area (TPSA) is 78.9 Å². The van der Waals surface area contributed by atoms with E-state index in [2.05, 4.69) is 15.0 Å². The van der Waals surface area contributed by atoms with E-state index in [9.17, 15) is 18.0 Å². The molecule has 0 saturated heterocycles. The molecule has 0 radical (unpaired) electrons. The summed E-state index contributed by atoms with van der Waals surface area (Å²) in [7, 11) is 0. The Hall–Kier alpha value is -3.33. The van der Waals surface area contributed by atoms with Gasteiger partial charge in [0.2, 0.25) is 0 Å². The van der Waals surface area contributed by atoms with Gasteiger partial charge in [-0.3, -0.25) is 4.79 Å². The van der Waals surface area contributed by atoms with Crippen LogP contribution >= 0.6 is 11.8 Å². The molecule has 4 rings (SSSR count). The highest BCUT2D eigenvalue weighted by molar-refractivity contribution is 7.99. The van der Waals surface area contributed by atoms with Crippen molar-refractivity contribution in [1.82, 2.24) is 15.0 Å². The number of alkyl halides is 3. The number of nitrogens with zero attached hydrogens (tertiary/aromatic N) is 2. The van der Waals surface area contributed by atoms with E-state index in [0.717, 1.165) is 27.7 Å². The van der Waals surface area contributed by atoms with Gasteiger partial charge in [-0.15, -0.1) is 11.8 Å². The van der Waals surface area contributed by atoms with Crippen molar-refractivity contribution in [3.05, 3.63) is 88.9 Å². The molecule has 1 unspecified atom stereocenters. The number of thioether (sulfide) groups is 1. The fraction of sp³-hybridized carbons (Fsp3) is 0.208. The van der Waals surface area contributed by atoms with Gasteiger partial charge < -0.3 is 10.1 Å². The van der Waals surface area contributed by atoms with Gasteiger partial charge in [-0.25, -0.2) is 9.97 Å². The number of benzene rings is 2. The average molecular weight is 472 g/mol. The van der Waals surface area contributed by atoms with E-state index in [1.807, 2.05) is 25.1 Å². The number of nitrogens with one attached hydrogen (secondary N) is 1. The van der Waals surface area contributed by atoms with Gasteiger partial charge in [-0.05, 0) is 59.9 Å². The minimum Gasteiger partial charge on any atom is -0.481 e. The fourth-order valence-electron chi connectivity index (χ4n) is 3.68. The SMILES string of the molecule is Cc1cc(SC(c2cccc(C(F)(F)F)c2)c2ccnc3nc[nH]c23)ccc1CCC(=O)O. The summed E-state index contributed by atoms with van der Waals surface area (Å²) in [6.07, 6.45) is -0.886. The first kappa shape index (κ1) is 22.8. The van der Waals surface area contributed by atoms with Gasteiger partial charge >= 0.3 is 12.1 Å². The second-order valence-electron chi connectivity index (χ2n) is 7.60. The van der Waals surface area contributed by atoms with Crippen LogP contribution in [0.3, 0.4) is 0 Å². The Kier molecular flexibility index (Phi) is 6.42. The molecule has 5 nitrogen and oxygen atoms in total. The van der Waals surface area contributed by atoms with Crippen LogP contribution in [0.4, 0.5) is 13.2 Å². The Morgan fingerprint density at radius 3 is 2.70 bits per heavy atom. The molecule has 0 bridgehead atoms. The largest absolute Gasteiger partial charge is 0.481 e. The molecule has 9 heteroatoms. The van der Waals surface area contributed by atoms with Crippen LogP contribution in [0.2, 0.25) is 0 Å². The van der Waals surface area contributed by atoms with E-state index in [-0.39, 0.29) is 6.42 Å². The first-order valence-corrected chi connectivity index (χ1v) is 11.0. The highest BCUT2D eigenvalue weighted by atomic mass is 32.2. The number of imidazole rings is 1. The lowest BCUT2D eigenvalue weighted by Gasteiger charge is -2.20. The zero-order valence-electron chi connectivity index (χ0n) is 17.6.